The van der Waals surface area contributed by atoms with Gasteiger partial charge in [-0.1, -0.05) is 0 Å². The standard InChI is InChI=1S/C14H15FN2OS/c1-9(14-16-4-5-19-14)17-8-12-7-10-6-11(15)2-3-13(10)18-12/h2-6,9,12,17H,7-8H2,1H3. The van der Waals surface area contributed by atoms with Crippen molar-refractivity contribution < 1.29 is 9.13 Å². The van der Waals surface area contributed by atoms with Gasteiger partial charge in [0.25, 0.3) is 0 Å². The molecule has 2 heterocycles. The number of rotatable bonds is 4. The van der Waals surface area contributed by atoms with Crippen molar-refractivity contribution in [3.05, 3.63) is 46.2 Å². The van der Waals surface area contributed by atoms with Gasteiger partial charge in [0.1, 0.15) is 22.7 Å². The van der Waals surface area contributed by atoms with E-state index in [0.717, 1.165) is 29.3 Å². The molecule has 2 unspecified atom stereocenters. The van der Waals surface area contributed by atoms with Gasteiger partial charge < -0.3 is 10.1 Å². The molecule has 0 bridgehead atoms. The van der Waals surface area contributed by atoms with Crippen LogP contribution in [0.25, 0.3) is 0 Å². The Hall–Kier alpha value is -1.46. The van der Waals surface area contributed by atoms with Gasteiger partial charge in [-0.15, -0.1) is 11.3 Å². The molecular weight excluding hydrogens is 263 g/mol. The highest BCUT2D eigenvalue weighted by Crippen LogP contribution is 2.29. The molecular formula is C14H15FN2OS. The summed E-state index contributed by atoms with van der Waals surface area (Å²) in [6.45, 7) is 2.82. The number of halogens is 1. The van der Waals surface area contributed by atoms with Crippen LogP contribution in [0.4, 0.5) is 4.39 Å². The summed E-state index contributed by atoms with van der Waals surface area (Å²) in [5.74, 6) is 0.599. The van der Waals surface area contributed by atoms with Gasteiger partial charge in [-0.2, -0.15) is 0 Å². The van der Waals surface area contributed by atoms with Crippen LogP contribution in [-0.4, -0.2) is 17.6 Å². The van der Waals surface area contributed by atoms with E-state index in [1.165, 1.54) is 6.07 Å². The zero-order valence-corrected chi connectivity index (χ0v) is 11.4. The van der Waals surface area contributed by atoms with E-state index in [2.05, 4.69) is 17.2 Å². The molecule has 2 aromatic rings. The summed E-state index contributed by atoms with van der Waals surface area (Å²) in [6, 6.07) is 4.91. The molecule has 19 heavy (non-hydrogen) atoms. The van der Waals surface area contributed by atoms with Crippen LogP contribution in [0.15, 0.2) is 29.8 Å². The zero-order valence-electron chi connectivity index (χ0n) is 10.6. The van der Waals surface area contributed by atoms with E-state index in [-0.39, 0.29) is 18.0 Å². The van der Waals surface area contributed by atoms with Gasteiger partial charge in [0.2, 0.25) is 0 Å². The maximum Gasteiger partial charge on any atom is 0.123 e. The van der Waals surface area contributed by atoms with E-state index in [0.29, 0.717) is 0 Å². The van der Waals surface area contributed by atoms with Gasteiger partial charge >= 0.3 is 0 Å². The summed E-state index contributed by atoms with van der Waals surface area (Å²) in [4.78, 5) is 4.28. The molecule has 1 aromatic heterocycles. The van der Waals surface area contributed by atoms with E-state index in [1.807, 2.05) is 11.6 Å². The van der Waals surface area contributed by atoms with Gasteiger partial charge in [-0.25, -0.2) is 9.37 Å². The van der Waals surface area contributed by atoms with Gasteiger partial charge in [0.05, 0.1) is 6.04 Å². The summed E-state index contributed by atoms with van der Waals surface area (Å²) >= 11 is 1.64. The van der Waals surface area contributed by atoms with Crippen molar-refractivity contribution in [3.8, 4) is 5.75 Å². The Morgan fingerprint density at radius 1 is 1.58 bits per heavy atom. The molecule has 3 nitrogen and oxygen atoms in total. The van der Waals surface area contributed by atoms with Crippen LogP contribution in [0, 0.1) is 5.82 Å². The maximum atomic E-state index is 13.1. The normalized spacial score (nSPS) is 18.9. The van der Waals surface area contributed by atoms with Crippen LogP contribution in [0.2, 0.25) is 0 Å². The number of hydrogen-bond donors (Lipinski definition) is 1. The van der Waals surface area contributed by atoms with E-state index in [1.54, 1.807) is 23.5 Å². The molecule has 0 radical (unpaired) electrons. The third kappa shape index (κ3) is 2.77. The molecule has 0 saturated heterocycles. The van der Waals surface area contributed by atoms with Gasteiger partial charge in [0, 0.05) is 30.1 Å². The Kier molecular flexibility index (Phi) is 3.48. The molecule has 0 amide bonds. The molecule has 1 N–H and O–H groups in total. The van der Waals surface area contributed by atoms with Crippen LogP contribution < -0.4 is 10.1 Å². The monoisotopic (exact) mass is 278 g/mol. The maximum absolute atomic E-state index is 13.1. The second-order valence-corrected chi connectivity index (χ2v) is 5.62. The minimum Gasteiger partial charge on any atom is -0.488 e. The fourth-order valence-electron chi connectivity index (χ4n) is 2.25. The Morgan fingerprint density at radius 3 is 3.26 bits per heavy atom. The van der Waals surface area contributed by atoms with Crippen LogP contribution in [-0.2, 0) is 6.42 Å². The number of benzene rings is 1. The molecule has 0 fully saturated rings. The van der Waals surface area contributed by atoms with Gasteiger partial charge in [-0.05, 0) is 25.1 Å². The third-order valence-electron chi connectivity index (χ3n) is 3.24. The molecule has 0 saturated carbocycles. The topological polar surface area (TPSA) is 34.1 Å². The number of fused-ring (bicyclic) bond motifs is 1. The molecule has 1 aliphatic rings. The van der Waals surface area contributed by atoms with Crippen LogP contribution >= 0.6 is 11.3 Å². The molecule has 5 heteroatoms. The van der Waals surface area contributed by atoms with Crippen molar-refractivity contribution in [3.63, 3.8) is 0 Å². The smallest absolute Gasteiger partial charge is 0.123 e. The molecule has 0 spiro atoms. The largest absolute Gasteiger partial charge is 0.488 e. The zero-order chi connectivity index (χ0) is 13.2. The van der Waals surface area contributed by atoms with Crippen LogP contribution in [0.1, 0.15) is 23.5 Å². The van der Waals surface area contributed by atoms with E-state index in [9.17, 15) is 4.39 Å². The SMILES string of the molecule is CC(NCC1Cc2cc(F)ccc2O1)c1nccs1. The predicted octanol–water partition coefficient (Wildman–Crippen LogP) is 2.94. The molecule has 1 aliphatic heterocycles. The van der Waals surface area contributed by atoms with E-state index in [4.69, 9.17) is 4.74 Å². The summed E-state index contributed by atoms with van der Waals surface area (Å²) in [7, 11) is 0. The predicted molar refractivity (Wildman–Crippen MR) is 73.1 cm³/mol. The lowest BCUT2D eigenvalue weighted by atomic mass is 10.1. The Labute approximate surface area is 115 Å². The van der Waals surface area contributed by atoms with Crippen LogP contribution in [0.3, 0.4) is 0 Å². The molecule has 3 rings (SSSR count). The fraction of sp³-hybridized carbons (Fsp3) is 0.357. The number of hydrogen-bond acceptors (Lipinski definition) is 4. The first-order valence-electron chi connectivity index (χ1n) is 6.30. The molecule has 2 atom stereocenters. The number of nitrogens with one attached hydrogen (secondary N) is 1. The minimum atomic E-state index is -0.202. The second kappa shape index (κ2) is 5.27. The number of thiazole rings is 1. The van der Waals surface area contributed by atoms with E-state index < -0.39 is 0 Å². The lowest BCUT2D eigenvalue weighted by Crippen LogP contribution is -2.31. The quantitative estimate of drug-likeness (QED) is 0.933. The van der Waals surface area contributed by atoms with Gasteiger partial charge in [-0.3, -0.25) is 0 Å². The highest BCUT2D eigenvalue weighted by Gasteiger charge is 2.23. The van der Waals surface area contributed by atoms with Crippen LogP contribution in [0.5, 0.6) is 5.75 Å². The lowest BCUT2D eigenvalue weighted by Gasteiger charge is -2.15. The summed E-state index contributed by atoms with van der Waals surface area (Å²) < 4.78 is 18.9. The van der Waals surface area contributed by atoms with Crippen molar-refractivity contribution in [2.75, 3.05) is 6.54 Å². The Bertz CT molecular complexity index is 559. The highest BCUT2D eigenvalue weighted by molar-refractivity contribution is 7.09. The Morgan fingerprint density at radius 2 is 2.47 bits per heavy atom. The number of aromatic nitrogens is 1. The first kappa shape index (κ1) is 12.6. The molecule has 1 aromatic carbocycles. The summed E-state index contributed by atoms with van der Waals surface area (Å²) in [5, 5.41) is 6.45. The van der Waals surface area contributed by atoms with E-state index >= 15 is 0 Å². The van der Waals surface area contributed by atoms with Crippen molar-refractivity contribution in [1.82, 2.24) is 10.3 Å². The fourth-order valence-corrected chi connectivity index (χ4v) is 2.92. The van der Waals surface area contributed by atoms with Crippen molar-refractivity contribution >= 4 is 11.3 Å². The average molecular weight is 278 g/mol. The summed E-state index contributed by atoms with van der Waals surface area (Å²) in [6.07, 6.45) is 2.63. The third-order valence-corrected chi connectivity index (χ3v) is 4.20. The first-order valence-corrected chi connectivity index (χ1v) is 7.18. The van der Waals surface area contributed by atoms with Crippen molar-refractivity contribution in [2.24, 2.45) is 0 Å². The first-order chi connectivity index (χ1) is 9.22. The van der Waals surface area contributed by atoms with Crippen molar-refractivity contribution in [2.45, 2.75) is 25.5 Å². The lowest BCUT2D eigenvalue weighted by molar-refractivity contribution is 0.222. The summed E-state index contributed by atoms with van der Waals surface area (Å²) in [5.41, 5.74) is 0.953. The number of nitrogens with zero attached hydrogens (tertiary/aromatic N) is 1. The number of ether oxygens (including phenoxy) is 1. The molecule has 0 aliphatic carbocycles. The second-order valence-electron chi connectivity index (χ2n) is 4.70. The highest BCUT2D eigenvalue weighted by atomic mass is 32.1. The van der Waals surface area contributed by atoms with Crippen molar-refractivity contribution in [1.29, 1.82) is 0 Å². The minimum absolute atomic E-state index is 0.0687. The molecule has 100 valence electrons. The Balaban J connectivity index is 1.56. The average Bonchev–Trinajstić information content (AvgIpc) is 3.04. The van der Waals surface area contributed by atoms with Gasteiger partial charge in [0.15, 0.2) is 0 Å².